The van der Waals surface area contributed by atoms with Crippen molar-refractivity contribution in [3.05, 3.63) is 12.7 Å². The van der Waals surface area contributed by atoms with Crippen molar-refractivity contribution in [2.75, 3.05) is 0 Å². The van der Waals surface area contributed by atoms with Gasteiger partial charge in [0.15, 0.2) is 5.79 Å². The Morgan fingerprint density at radius 3 is 2.28 bits per heavy atom. The van der Waals surface area contributed by atoms with E-state index in [-0.39, 0.29) is 24.7 Å². The quantitative estimate of drug-likeness (QED) is 0.255. The summed E-state index contributed by atoms with van der Waals surface area (Å²) in [6.07, 6.45) is 7.02. The number of Topliss-reactive ketones (excluding diaryl/α,β-unsaturated/α-hetero) is 1. The van der Waals surface area contributed by atoms with Crippen molar-refractivity contribution >= 4 is 5.78 Å². The van der Waals surface area contributed by atoms with Gasteiger partial charge in [0.2, 0.25) is 0 Å². The van der Waals surface area contributed by atoms with Crippen LogP contribution in [0.3, 0.4) is 0 Å². The average molecular weight is 357 g/mol. The van der Waals surface area contributed by atoms with E-state index >= 15 is 0 Å². The zero-order valence-electron chi connectivity index (χ0n) is 17.0. The van der Waals surface area contributed by atoms with E-state index in [0.29, 0.717) is 5.92 Å². The first kappa shape index (κ1) is 24.3. The summed E-state index contributed by atoms with van der Waals surface area (Å²) in [6.45, 7) is 13.5. The van der Waals surface area contributed by atoms with Crippen LogP contribution < -0.4 is 0 Å². The Kier molecular flexibility index (Phi) is 12.3. The number of carbonyl (C=O) groups is 1. The molecule has 0 aromatic heterocycles. The molecular weight excluding hydrogens is 316 g/mol. The largest absolute Gasteiger partial charge is 0.389 e. The topological polar surface area (TPSA) is 66.8 Å². The summed E-state index contributed by atoms with van der Waals surface area (Å²) in [5.41, 5.74) is 0. The molecule has 148 valence electrons. The third-order valence-electron chi connectivity index (χ3n) is 4.59. The average Bonchev–Trinajstić information content (AvgIpc) is 2.49. The lowest BCUT2D eigenvalue weighted by Crippen LogP contribution is -2.32. The molecule has 25 heavy (non-hydrogen) atoms. The van der Waals surface area contributed by atoms with E-state index in [2.05, 4.69) is 27.4 Å². The Labute approximate surface area is 154 Å². The van der Waals surface area contributed by atoms with Crippen LogP contribution in [-0.2, 0) is 9.53 Å². The van der Waals surface area contributed by atoms with Crippen LogP contribution in [0.4, 0.5) is 0 Å². The Balaban J connectivity index is 4.31. The minimum absolute atomic E-state index is 0.0567. The van der Waals surface area contributed by atoms with E-state index in [1.807, 2.05) is 0 Å². The normalized spacial score (nSPS) is 16.9. The lowest BCUT2D eigenvalue weighted by Gasteiger charge is -2.26. The van der Waals surface area contributed by atoms with Crippen LogP contribution >= 0.6 is 0 Å². The number of hydrogen-bond acceptors (Lipinski definition) is 4. The molecule has 0 fully saturated rings. The van der Waals surface area contributed by atoms with E-state index in [1.54, 1.807) is 13.8 Å². The van der Waals surface area contributed by atoms with Crippen LogP contribution in [0, 0.1) is 11.8 Å². The number of ketones is 1. The maximum Gasteiger partial charge on any atom is 0.160 e. The SMILES string of the molecule is C=CC(O)CC(=O)CC(CCCCC(C)CC(C)CC)OC(C)(C)O. The number of aliphatic hydroxyl groups excluding tert-OH is 1. The van der Waals surface area contributed by atoms with Gasteiger partial charge in [-0.25, -0.2) is 0 Å². The zero-order valence-corrected chi connectivity index (χ0v) is 17.0. The standard InChI is InChI=1S/C21H40O4/c1-7-16(3)13-17(4)11-9-10-12-20(25-21(5,6)24)15-19(23)14-18(22)8-2/h8,16-18,20,22,24H,2,7,9-15H2,1,3-6H3. The Bertz CT molecular complexity index is 373. The van der Waals surface area contributed by atoms with E-state index in [9.17, 15) is 15.0 Å². The van der Waals surface area contributed by atoms with Gasteiger partial charge < -0.3 is 14.9 Å². The number of aliphatic hydroxyl groups is 2. The molecule has 4 heteroatoms. The third-order valence-corrected chi connectivity index (χ3v) is 4.59. The first-order chi connectivity index (χ1) is 11.6. The summed E-state index contributed by atoms with van der Waals surface area (Å²) in [6, 6.07) is 0. The molecule has 0 aromatic carbocycles. The van der Waals surface area contributed by atoms with Crippen LogP contribution in [-0.4, -0.2) is 34.0 Å². The highest BCUT2D eigenvalue weighted by Crippen LogP contribution is 2.22. The molecule has 4 nitrogen and oxygen atoms in total. The summed E-state index contributed by atoms with van der Waals surface area (Å²) >= 11 is 0. The smallest absolute Gasteiger partial charge is 0.160 e. The van der Waals surface area contributed by atoms with Gasteiger partial charge >= 0.3 is 0 Å². The molecule has 0 saturated carbocycles. The first-order valence-electron chi connectivity index (χ1n) is 9.79. The van der Waals surface area contributed by atoms with Gasteiger partial charge in [0.25, 0.3) is 0 Å². The lowest BCUT2D eigenvalue weighted by atomic mass is 9.91. The van der Waals surface area contributed by atoms with Gasteiger partial charge in [-0.1, -0.05) is 52.5 Å². The minimum atomic E-state index is -1.26. The summed E-state index contributed by atoms with van der Waals surface area (Å²) in [7, 11) is 0. The number of unbranched alkanes of at least 4 members (excludes halogenated alkanes) is 1. The summed E-state index contributed by atoms with van der Waals surface area (Å²) in [4.78, 5) is 12.0. The van der Waals surface area contributed by atoms with E-state index in [0.717, 1.165) is 25.2 Å². The monoisotopic (exact) mass is 356 g/mol. The molecule has 0 heterocycles. The molecule has 0 rings (SSSR count). The Hall–Kier alpha value is -0.710. The molecule has 0 aliphatic rings. The highest BCUT2D eigenvalue weighted by molar-refractivity contribution is 5.79. The molecule has 2 N–H and O–H groups in total. The number of hydrogen-bond donors (Lipinski definition) is 2. The highest BCUT2D eigenvalue weighted by atomic mass is 16.6. The second kappa shape index (κ2) is 12.6. The molecule has 4 atom stereocenters. The highest BCUT2D eigenvalue weighted by Gasteiger charge is 2.23. The molecule has 0 spiro atoms. The third kappa shape index (κ3) is 14.2. The van der Waals surface area contributed by atoms with E-state index in [4.69, 9.17) is 4.74 Å². The molecule has 0 saturated heterocycles. The maximum atomic E-state index is 12.0. The van der Waals surface area contributed by atoms with Gasteiger partial charge in [0, 0.05) is 12.8 Å². The van der Waals surface area contributed by atoms with Crippen LogP contribution in [0.5, 0.6) is 0 Å². The second-order valence-electron chi connectivity index (χ2n) is 8.08. The van der Waals surface area contributed by atoms with Crippen molar-refractivity contribution in [3.63, 3.8) is 0 Å². The Morgan fingerprint density at radius 1 is 1.16 bits per heavy atom. The van der Waals surface area contributed by atoms with Gasteiger partial charge in [0.05, 0.1) is 12.2 Å². The van der Waals surface area contributed by atoms with E-state index < -0.39 is 11.9 Å². The van der Waals surface area contributed by atoms with Crippen molar-refractivity contribution < 1.29 is 19.7 Å². The van der Waals surface area contributed by atoms with Crippen LogP contribution in [0.2, 0.25) is 0 Å². The van der Waals surface area contributed by atoms with Gasteiger partial charge in [-0.15, -0.1) is 6.58 Å². The Morgan fingerprint density at radius 2 is 1.76 bits per heavy atom. The predicted octanol–water partition coefficient (Wildman–Crippen LogP) is 4.63. The fourth-order valence-electron chi connectivity index (χ4n) is 3.10. The summed E-state index contributed by atoms with van der Waals surface area (Å²) < 4.78 is 5.64. The molecule has 0 aliphatic heterocycles. The van der Waals surface area contributed by atoms with Crippen molar-refractivity contribution in [1.82, 2.24) is 0 Å². The minimum Gasteiger partial charge on any atom is -0.389 e. The van der Waals surface area contributed by atoms with Gasteiger partial charge in [0.1, 0.15) is 5.78 Å². The van der Waals surface area contributed by atoms with Gasteiger partial charge in [-0.2, -0.15) is 0 Å². The van der Waals surface area contributed by atoms with Crippen molar-refractivity contribution in [1.29, 1.82) is 0 Å². The maximum absolute atomic E-state index is 12.0. The fraction of sp³-hybridized carbons (Fsp3) is 0.857. The van der Waals surface area contributed by atoms with Crippen LogP contribution in [0.1, 0.15) is 86.0 Å². The van der Waals surface area contributed by atoms with Crippen LogP contribution in [0.15, 0.2) is 12.7 Å². The van der Waals surface area contributed by atoms with Crippen molar-refractivity contribution in [2.24, 2.45) is 11.8 Å². The number of rotatable bonds is 15. The molecule has 0 radical (unpaired) electrons. The molecular formula is C21H40O4. The number of carbonyl (C=O) groups excluding carboxylic acids is 1. The molecule has 0 aromatic rings. The predicted molar refractivity (Wildman–Crippen MR) is 103 cm³/mol. The zero-order chi connectivity index (χ0) is 19.5. The molecule has 0 bridgehead atoms. The molecule has 0 amide bonds. The molecule has 0 aliphatic carbocycles. The second-order valence-corrected chi connectivity index (χ2v) is 8.08. The molecule has 4 unspecified atom stereocenters. The summed E-state index contributed by atoms with van der Waals surface area (Å²) in [5, 5.41) is 19.4. The summed E-state index contributed by atoms with van der Waals surface area (Å²) in [5.74, 6) is 0.168. The fourth-order valence-corrected chi connectivity index (χ4v) is 3.10. The van der Waals surface area contributed by atoms with Crippen molar-refractivity contribution in [3.8, 4) is 0 Å². The van der Waals surface area contributed by atoms with Crippen LogP contribution in [0.25, 0.3) is 0 Å². The lowest BCUT2D eigenvalue weighted by molar-refractivity contribution is -0.208. The van der Waals surface area contributed by atoms with Crippen molar-refractivity contribution in [2.45, 2.75) is 104 Å². The van der Waals surface area contributed by atoms with Gasteiger partial charge in [-0.05, 0) is 38.5 Å². The van der Waals surface area contributed by atoms with E-state index in [1.165, 1.54) is 25.3 Å². The number of ether oxygens (including phenoxy) is 1. The first-order valence-corrected chi connectivity index (χ1v) is 9.79. The van der Waals surface area contributed by atoms with Gasteiger partial charge in [-0.3, -0.25) is 4.79 Å².